The molecule has 0 atom stereocenters. The van der Waals surface area contributed by atoms with Gasteiger partial charge < -0.3 is 5.11 Å². The highest BCUT2D eigenvalue weighted by molar-refractivity contribution is 5.86. The Hall–Kier alpha value is -2.31. The molecule has 0 radical (unpaired) electrons. The van der Waals surface area contributed by atoms with Gasteiger partial charge in [0.15, 0.2) is 23.1 Å². The van der Waals surface area contributed by atoms with Gasteiger partial charge in [0.1, 0.15) is 5.69 Å². The summed E-state index contributed by atoms with van der Waals surface area (Å²) in [6.45, 7) is 1.46. The SMILES string of the molecule is Cc1cn(-c2cc(F)c(F)cc2F)nc1C(=O)O. The Labute approximate surface area is 99.3 Å². The van der Waals surface area contributed by atoms with E-state index < -0.39 is 23.4 Å². The number of carboxylic acids is 1. The summed E-state index contributed by atoms with van der Waals surface area (Å²) in [6.07, 6.45) is 1.22. The quantitative estimate of drug-likeness (QED) is 0.839. The number of halogens is 3. The van der Waals surface area contributed by atoms with Crippen molar-refractivity contribution in [2.45, 2.75) is 6.92 Å². The molecule has 18 heavy (non-hydrogen) atoms. The van der Waals surface area contributed by atoms with Gasteiger partial charge in [0, 0.05) is 23.9 Å². The van der Waals surface area contributed by atoms with Crippen LogP contribution in [-0.2, 0) is 0 Å². The Morgan fingerprint density at radius 3 is 2.39 bits per heavy atom. The van der Waals surface area contributed by atoms with Crippen LogP contribution in [0, 0.1) is 24.4 Å². The van der Waals surface area contributed by atoms with E-state index in [-0.39, 0.29) is 16.9 Å². The summed E-state index contributed by atoms with van der Waals surface area (Å²) in [5, 5.41) is 12.4. The molecule has 0 amide bonds. The third kappa shape index (κ3) is 1.94. The van der Waals surface area contributed by atoms with Gasteiger partial charge in [0.25, 0.3) is 0 Å². The van der Waals surface area contributed by atoms with Gasteiger partial charge >= 0.3 is 5.97 Å². The van der Waals surface area contributed by atoms with E-state index in [1.54, 1.807) is 0 Å². The molecule has 7 heteroatoms. The molecular formula is C11H7F3N2O2. The Balaban J connectivity index is 2.59. The van der Waals surface area contributed by atoms with Gasteiger partial charge in [-0.3, -0.25) is 0 Å². The topological polar surface area (TPSA) is 55.1 Å². The lowest BCUT2D eigenvalue weighted by molar-refractivity contribution is 0.0689. The number of carboxylic acid groups (broad SMARTS) is 1. The number of nitrogens with zero attached hydrogens (tertiary/aromatic N) is 2. The molecule has 0 saturated heterocycles. The largest absolute Gasteiger partial charge is 0.476 e. The molecule has 1 aromatic carbocycles. The van der Waals surface area contributed by atoms with Crippen LogP contribution in [0.4, 0.5) is 13.2 Å². The standard InChI is InChI=1S/C11H7F3N2O2/c1-5-4-16(15-10(5)11(17)18)9-3-7(13)6(12)2-8(9)14/h2-4H,1H3,(H,17,18). The average Bonchev–Trinajstić information content (AvgIpc) is 2.65. The van der Waals surface area contributed by atoms with Crippen molar-refractivity contribution in [3.8, 4) is 5.69 Å². The van der Waals surface area contributed by atoms with Crippen molar-refractivity contribution in [2.24, 2.45) is 0 Å². The smallest absolute Gasteiger partial charge is 0.356 e. The minimum absolute atomic E-state index is 0.279. The van der Waals surface area contributed by atoms with Crippen LogP contribution in [0.25, 0.3) is 5.69 Å². The molecule has 1 aromatic heterocycles. The van der Waals surface area contributed by atoms with Crippen molar-refractivity contribution in [2.75, 3.05) is 0 Å². The maximum Gasteiger partial charge on any atom is 0.356 e. The first kappa shape index (κ1) is 12.2. The molecule has 0 saturated carbocycles. The number of carbonyl (C=O) groups is 1. The third-order valence-corrected chi connectivity index (χ3v) is 2.34. The minimum Gasteiger partial charge on any atom is -0.476 e. The van der Waals surface area contributed by atoms with Crippen molar-refractivity contribution in [3.05, 3.63) is 47.0 Å². The summed E-state index contributed by atoms with van der Waals surface area (Å²) in [6, 6.07) is 0.991. The van der Waals surface area contributed by atoms with E-state index in [2.05, 4.69) is 5.10 Å². The molecule has 2 rings (SSSR count). The highest BCUT2D eigenvalue weighted by Crippen LogP contribution is 2.18. The molecule has 0 aliphatic carbocycles. The summed E-state index contributed by atoms with van der Waals surface area (Å²) < 4.78 is 40.1. The second-order valence-electron chi connectivity index (χ2n) is 3.63. The van der Waals surface area contributed by atoms with Gasteiger partial charge in [-0.1, -0.05) is 0 Å². The van der Waals surface area contributed by atoms with Crippen LogP contribution >= 0.6 is 0 Å². The third-order valence-electron chi connectivity index (χ3n) is 2.34. The van der Waals surface area contributed by atoms with E-state index in [9.17, 15) is 18.0 Å². The molecule has 0 unspecified atom stereocenters. The minimum atomic E-state index is -1.32. The average molecular weight is 256 g/mol. The van der Waals surface area contributed by atoms with Gasteiger partial charge in [0.2, 0.25) is 0 Å². The van der Waals surface area contributed by atoms with E-state index >= 15 is 0 Å². The zero-order chi connectivity index (χ0) is 13.4. The summed E-state index contributed by atoms with van der Waals surface area (Å²) in [5.41, 5.74) is -0.352. The normalized spacial score (nSPS) is 10.7. The maximum atomic E-state index is 13.4. The highest BCUT2D eigenvalue weighted by atomic mass is 19.2. The molecule has 1 N–H and O–H groups in total. The van der Waals surface area contributed by atoms with Gasteiger partial charge in [-0.15, -0.1) is 0 Å². The number of aryl methyl sites for hydroxylation is 1. The fourth-order valence-electron chi connectivity index (χ4n) is 1.48. The maximum absolute atomic E-state index is 13.4. The van der Waals surface area contributed by atoms with Crippen molar-refractivity contribution >= 4 is 5.97 Å². The van der Waals surface area contributed by atoms with Gasteiger partial charge in [0.05, 0.1) is 0 Å². The number of aromatic nitrogens is 2. The molecule has 2 aromatic rings. The highest BCUT2D eigenvalue weighted by Gasteiger charge is 2.17. The Bertz CT molecular complexity index is 637. The predicted molar refractivity (Wildman–Crippen MR) is 55.1 cm³/mol. The number of hydrogen-bond donors (Lipinski definition) is 1. The molecule has 4 nitrogen and oxygen atoms in total. The van der Waals surface area contributed by atoms with Crippen LogP contribution in [0.2, 0.25) is 0 Å². The number of rotatable bonds is 2. The number of aromatic carboxylic acids is 1. The summed E-state index contributed by atoms with van der Waals surface area (Å²) in [7, 11) is 0. The Morgan fingerprint density at radius 2 is 1.83 bits per heavy atom. The van der Waals surface area contributed by atoms with Crippen molar-refractivity contribution in [1.82, 2.24) is 9.78 Å². The zero-order valence-corrected chi connectivity index (χ0v) is 9.12. The van der Waals surface area contributed by atoms with Crippen LogP contribution < -0.4 is 0 Å². The van der Waals surface area contributed by atoms with E-state index in [0.717, 1.165) is 4.68 Å². The molecular weight excluding hydrogens is 249 g/mol. The first-order valence-corrected chi connectivity index (χ1v) is 4.84. The summed E-state index contributed by atoms with van der Waals surface area (Å²) in [5.74, 6) is -4.88. The summed E-state index contributed by atoms with van der Waals surface area (Å²) >= 11 is 0. The lowest BCUT2D eigenvalue weighted by Crippen LogP contribution is -2.04. The van der Waals surface area contributed by atoms with Crippen LogP contribution in [0.1, 0.15) is 16.1 Å². The molecule has 0 aliphatic heterocycles. The van der Waals surface area contributed by atoms with Crippen LogP contribution in [-0.4, -0.2) is 20.9 Å². The fraction of sp³-hybridized carbons (Fsp3) is 0.0909. The molecule has 94 valence electrons. The molecule has 0 bridgehead atoms. The van der Waals surface area contributed by atoms with E-state index in [1.165, 1.54) is 13.1 Å². The van der Waals surface area contributed by atoms with Crippen LogP contribution in [0.15, 0.2) is 18.3 Å². The van der Waals surface area contributed by atoms with Gasteiger partial charge in [-0.05, 0) is 6.92 Å². The molecule has 0 fully saturated rings. The first-order valence-electron chi connectivity index (χ1n) is 4.84. The molecule has 0 spiro atoms. The van der Waals surface area contributed by atoms with Crippen molar-refractivity contribution in [3.63, 3.8) is 0 Å². The number of benzene rings is 1. The second-order valence-corrected chi connectivity index (χ2v) is 3.63. The van der Waals surface area contributed by atoms with E-state index in [0.29, 0.717) is 12.1 Å². The van der Waals surface area contributed by atoms with Gasteiger partial charge in [-0.2, -0.15) is 5.10 Å². The van der Waals surface area contributed by atoms with E-state index in [1.807, 2.05) is 0 Å². The van der Waals surface area contributed by atoms with Gasteiger partial charge in [-0.25, -0.2) is 22.6 Å². The van der Waals surface area contributed by atoms with E-state index in [4.69, 9.17) is 5.11 Å². The van der Waals surface area contributed by atoms with Crippen LogP contribution in [0.3, 0.4) is 0 Å². The monoisotopic (exact) mass is 256 g/mol. The van der Waals surface area contributed by atoms with Crippen molar-refractivity contribution in [1.29, 1.82) is 0 Å². The second kappa shape index (κ2) is 4.17. The Morgan fingerprint density at radius 1 is 1.22 bits per heavy atom. The Kier molecular flexibility index (Phi) is 2.82. The lowest BCUT2D eigenvalue weighted by Gasteiger charge is -2.03. The lowest BCUT2D eigenvalue weighted by atomic mass is 10.2. The van der Waals surface area contributed by atoms with Crippen molar-refractivity contribution < 1.29 is 23.1 Å². The first-order chi connectivity index (χ1) is 8.40. The summed E-state index contributed by atoms with van der Waals surface area (Å²) in [4.78, 5) is 10.8. The number of hydrogen-bond acceptors (Lipinski definition) is 2. The molecule has 0 aliphatic rings. The zero-order valence-electron chi connectivity index (χ0n) is 9.12. The fourth-order valence-corrected chi connectivity index (χ4v) is 1.48. The molecule has 1 heterocycles. The predicted octanol–water partition coefficient (Wildman–Crippen LogP) is 2.30. The van der Waals surface area contributed by atoms with Crippen LogP contribution in [0.5, 0.6) is 0 Å².